The molecule has 0 radical (unpaired) electrons. The minimum absolute atomic E-state index is 0.0527. The molecule has 0 saturated heterocycles. The van der Waals surface area contributed by atoms with Crippen molar-refractivity contribution in [3.05, 3.63) is 42.4 Å². The molecule has 4 rings (SSSR count). The maximum Gasteiger partial charge on any atom is 0.527 e. The highest BCUT2D eigenvalue weighted by atomic mass is 31.2. The molecule has 4 atom stereocenters. The summed E-state index contributed by atoms with van der Waals surface area (Å²) in [6, 6.07) is 6.65. The lowest BCUT2D eigenvalue weighted by molar-refractivity contribution is -0.00476. The number of rotatable bonds is 7. The highest BCUT2D eigenvalue weighted by Gasteiger charge is 2.44. The number of nitrogens with two attached hydrogens (primary N) is 1. The van der Waals surface area contributed by atoms with E-state index in [1.807, 2.05) is 11.5 Å². The summed E-state index contributed by atoms with van der Waals surface area (Å²) in [5, 5.41) is 9.63. The van der Waals surface area contributed by atoms with Gasteiger partial charge in [0, 0.05) is 18.6 Å². The highest BCUT2D eigenvalue weighted by Crippen LogP contribution is 2.50. The van der Waals surface area contributed by atoms with Gasteiger partial charge < -0.3 is 19.9 Å². The van der Waals surface area contributed by atoms with E-state index in [0.717, 1.165) is 5.56 Å². The fourth-order valence-electron chi connectivity index (χ4n) is 3.58. The van der Waals surface area contributed by atoms with Crippen molar-refractivity contribution in [1.82, 2.24) is 19.5 Å². The van der Waals surface area contributed by atoms with Crippen molar-refractivity contribution in [2.45, 2.75) is 19.4 Å². The second-order valence-electron chi connectivity index (χ2n) is 7.17. The van der Waals surface area contributed by atoms with Crippen molar-refractivity contribution in [2.24, 2.45) is 11.8 Å². The van der Waals surface area contributed by atoms with E-state index >= 15 is 0 Å². The number of imidazole rings is 1. The predicted molar refractivity (Wildman–Crippen MR) is 105 cm³/mol. The predicted octanol–water partition coefficient (Wildman–Crippen LogP) is 2.08. The Kier molecular flexibility index (Phi) is 5.26. The molecule has 3 aromatic rings. The van der Waals surface area contributed by atoms with Crippen LogP contribution in [0.5, 0.6) is 5.75 Å². The van der Waals surface area contributed by atoms with Crippen LogP contribution in [-0.2, 0) is 9.09 Å². The number of anilines is 1. The van der Waals surface area contributed by atoms with E-state index in [2.05, 4.69) is 15.0 Å². The smallest absolute Gasteiger partial charge is 0.404 e. The molecule has 154 valence electrons. The van der Waals surface area contributed by atoms with Gasteiger partial charge in [-0.15, -0.1) is 0 Å². The number of fused-ring (bicyclic) bond motifs is 1. The van der Waals surface area contributed by atoms with Crippen molar-refractivity contribution in [3.63, 3.8) is 0 Å². The molecule has 10 nitrogen and oxygen atoms in total. The van der Waals surface area contributed by atoms with Crippen LogP contribution in [0.2, 0.25) is 0 Å². The first-order chi connectivity index (χ1) is 13.9. The Hall–Kier alpha value is -2.52. The first kappa shape index (κ1) is 19.8. The molecule has 0 amide bonds. The Morgan fingerprint density at radius 3 is 2.79 bits per heavy atom. The molecule has 0 spiro atoms. The van der Waals surface area contributed by atoms with Crippen LogP contribution in [0.1, 0.15) is 18.0 Å². The quantitative estimate of drug-likeness (QED) is 0.490. The number of aromatic nitrogens is 4. The highest BCUT2D eigenvalue weighted by molar-refractivity contribution is 7.47. The van der Waals surface area contributed by atoms with E-state index in [-0.39, 0.29) is 42.8 Å². The van der Waals surface area contributed by atoms with Crippen LogP contribution in [0, 0.1) is 18.8 Å². The number of aryl methyl sites for hydroxylation is 1. The van der Waals surface area contributed by atoms with Crippen molar-refractivity contribution in [2.75, 3.05) is 18.9 Å². The average Bonchev–Trinajstić information content (AvgIpc) is 3.06. The molecule has 4 unspecified atom stereocenters. The molecular weight excluding hydrogens is 397 g/mol. The second kappa shape index (κ2) is 7.72. The molecule has 29 heavy (non-hydrogen) atoms. The summed E-state index contributed by atoms with van der Waals surface area (Å²) >= 11 is 0. The summed E-state index contributed by atoms with van der Waals surface area (Å²) in [7, 11) is -4.31. The number of nitrogen functional groups attached to an aromatic ring is 1. The number of phosphoric ester groups is 1. The number of aliphatic hydroxyl groups excluding tert-OH is 1. The standard InChI is InChI=1S/C18H22N5O5P/c1-11-2-4-13(5-3-11)28-29(25,26)27-9-14-12(8-24)6-16(14)23-10-21-15-7-20-18(19)22-17(15)23/h2-5,7,10,12,14,16,24H,6,8-9H2,1H3,(H,25,26)(H2,19,20,22). The molecule has 1 aromatic carbocycles. The lowest BCUT2D eigenvalue weighted by Crippen LogP contribution is -2.43. The zero-order valence-electron chi connectivity index (χ0n) is 15.8. The molecule has 1 aliphatic rings. The van der Waals surface area contributed by atoms with Crippen LogP contribution in [0.15, 0.2) is 36.8 Å². The van der Waals surface area contributed by atoms with E-state index < -0.39 is 7.82 Å². The number of phosphoric acid groups is 1. The normalized spacial score (nSPS) is 23.5. The van der Waals surface area contributed by atoms with Crippen LogP contribution in [0.4, 0.5) is 5.95 Å². The van der Waals surface area contributed by atoms with Gasteiger partial charge in [0.15, 0.2) is 5.65 Å². The molecular formula is C18H22N5O5P. The summed E-state index contributed by atoms with van der Waals surface area (Å²) in [6.07, 6.45) is 3.83. The van der Waals surface area contributed by atoms with Crippen molar-refractivity contribution < 1.29 is 23.6 Å². The average molecular weight is 419 g/mol. The van der Waals surface area contributed by atoms with Gasteiger partial charge in [-0.25, -0.2) is 14.5 Å². The topological polar surface area (TPSA) is 146 Å². The van der Waals surface area contributed by atoms with Crippen LogP contribution in [0.3, 0.4) is 0 Å². The Bertz CT molecular complexity index is 1060. The zero-order valence-corrected chi connectivity index (χ0v) is 16.6. The number of hydrogen-bond donors (Lipinski definition) is 3. The molecule has 1 aliphatic carbocycles. The zero-order chi connectivity index (χ0) is 20.6. The summed E-state index contributed by atoms with van der Waals surface area (Å²) in [6.45, 7) is 1.79. The molecule has 2 heterocycles. The first-order valence-electron chi connectivity index (χ1n) is 9.16. The largest absolute Gasteiger partial charge is 0.527 e. The minimum Gasteiger partial charge on any atom is -0.404 e. The van der Waals surface area contributed by atoms with Gasteiger partial charge in [-0.3, -0.25) is 9.42 Å². The van der Waals surface area contributed by atoms with Gasteiger partial charge in [0.1, 0.15) is 11.3 Å². The van der Waals surface area contributed by atoms with Crippen molar-refractivity contribution in [3.8, 4) is 5.75 Å². The van der Waals surface area contributed by atoms with Gasteiger partial charge in [0.2, 0.25) is 5.95 Å². The van der Waals surface area contributed by atoms with Gasteiger partial charge >= 0.3 is 7.82 Å². The molecule has 0 bridgehead atoms. The fourth-order valence-corrected chi connectivity index (χ4v) is 4.38. The Morgan fingerprint density at radius 1 is 1.31 bits per heavy atom. The van der Waals surface area contributed by atoms with Crippen molar-refractivity contribution >= 4 is 24.9 Å². The molecule has 11 heteroatoms. The van der Waals surface area contributed by atoms with Gasteiger partial charge in [-0.05, 0) is 31.4 Å². The van der Waals surface area contributed by atoms with E-state index in [1.54, 1.807) is 36.8 Å². The second-order valence-corrected chi connectivity index (χ2v) is 8.54. The fraction of sp³-hybridized carbons (Fsp3) is 0.389. The summed E-state index contributed by atoms with van der Waals surface area (Å²) in [4.78, 5) is 22.5. The monoisotopic (exact) mass is 419 g/mol. The number of aliphatic hydroxyl groups is 1. The third-order valence-corrected chi connectivity index (χ3v) is 6.16. The molecule has 0 aliphatic heterocycles. The summed E-state index contributed by atoms with van der Waals surface area (Å²) in [5.74, 6) is 0.0983. The van der Waals surface area contributed by atoms with Crippen LogP contribution >= 0.6 is 7.82 Å². The molecule has 1 fully saturated rings. The van der Waals surface area contributed by atoms with Gasteiger partial charge in [-0.2, -0.15) is 4.98 Å². The number of benzene rings is 1. The Balaban J connectivity index is 1.47. The van der Waals surface area contributed by atoms with E-state index in [4.69, 9.17) is 14.8 Å². The molecule has 2 aromatic heterocycles. The Labute approximate surface area is 167 Å². The van der Waals surface area contributed by atoms with Crippen LogP contribution in [0.25, 0.3) is 11.2 Å². The Morgan fingerprint density at radius 2 is 2.07 bits per heavy atom. The minimum atomic E-state index is -4.31. The number of nitrogens with zero attached hydrogens (tertiary/aromatic N) is 4. The van der Waals surface area contributed by atoms with E-state index in [9.17, 15) is 14.6 Å². The summed E-state index contributed by atoms with van der Waals surface area (Å²) < 4.78 is 24.6. The lowest BCUT2D eigenvalue weighted by Gasteiger charge is -2.44. The maximum atomic E-state index is 12.4. The first-order valence-corrected chi connectivity index (χ1v) is 10.7. The summed E-state index contributed by atoms with van der Waals surface area (Å²) in [5.41, 5.74) is 7.86. The SMILES string of the molecule is Cc1ccc(OP(=O)(O)OCC2C(CO)CC2n2cnc3cnc(N)nc32)cc1. The van der Waals surface area contributed by atoms with Gasteiger partial charge in [0.25, 0.3) is 0 Å². The molecule has 4 N–H and O–H groups in total. The maximum absolute atomic E-state index is 12.4. The lowest BCUT2D eigenvalue weighted by atomic mass is 9.70. The number of hydrogen-bond acceptors (Lipinski definition) is 8. The third kappa shape index (κ3) is 4.11. The van der Waals surface area contributed by atoms with Crippen LogP contribution < -0.4 is 10.3 Å². The third-order valence-electron chi connectivity index (χ3n) is 5.24. The van der Waals surface area contributed by atoms with E-state index in [1.165, 1.54) is 0 Å². The van der Waals surface area contributed by atoms with Gasteiger partial charge in [-0.1, -0.05) is 17.7 Å². The van der Waals surface area contributed by atoms with Gasteiger partial charge in [0.05, 0.1) is 19.1 Å². The van der Waals surface area contributed by atoms with E-state index in [0.29, 0.717) is 17.6 Å². The molecule has 1 saturated carbocycles. The van der Waals surface area contributed by atoms with Crippen molar-refractivity contribution in [1.29, 1.82) is 0 Å². The van der Waals surface area contributed by atoms with Crippen LogP contribution in [-0.4, -0.2) is 42.7 Å².